The Morgan fingerprint density at radius 2 is 2.21 bits per heavy atom. The van der Waals surface area contributed by atoms with Gasteiger partial charge in [0.25, 0.3) is 5.91 Å². The Balaban J connectivity index is 1.85. The Kier molecular flexibility index (Phi) is 4.63. The maximum Gasteiger partial charge on any atom is 0.254 e. The molecule has 102 valence electrons. The van der Waals surface area contributed by atoms with Gasteiger partial charge >= 0.3 is 0 Å². The van der Waals surface area contributed by atoms with Crippen LogP contribution in [0.3, 0.4) is 0 Å². The zero-order valence-electron chi connectivity index (χ0n) is 10.5. The molecule has 0 spiro atoms. The largest absolute Gasteiger partial charge is 0.352 e. The van der Waals surface area contributed by atoms with E-state index in [1.165, 1.54) is 5.57 Å². The van der Waals surface area contributed by atoms with Gasteiger partial charge in [-0.3, -0.25) is 4.79 Å². The fraction of sp³-hybridized carbons (Fsp3) is 0.357. The highest BCUT2D eigenvalue weighted by atomic mass is 19.1. The lowest BCUT2D eigenvalue weighted by atomic mass is 10.1. The molecule has 1 aliphatic rings. The molecule has 0 saturated carbocycles. The summed E-state index contributed by atoms with van der Waals surface area (Å²) in [6, 6.07) is 2.95. The molecule has 1 aliphatic heterocycles. The van der Waals surface area contributed by atoms with E-state index in [1.807, 2.05) is 0 Å². The zero-order chi connectivity index (χ0) is 13.7. The maximum atomic E-state index is 13.4. The van der Waals surface area contributed by atoms with Crippen molar-refractivity contribution in [1.82, 2.24) is 10.6 Å². The van der Waals surface area contributed by atoms with Gasteiger partial charge < -0.3 is 10.6 Å². The Hall–Kier alpha value is -1.75. The van der Waals surface area contributed by atoms with Gasteiger partial charge in [0.1, 0.15) is 11.6 Å². The number of rotatable bonds is 4. The summed E-state index contributed by atoms with van der Waals surface area (Å²) in [7, 11) is 0. The fourth-order valence-electron chi connectivity index (χ4n) is 2.00. The topological polar surface area (TPSA) is 41.1 Å². The van der Waals surface area contributed by atoms with Crippen molar-refractivity contribution in [3.05, 3.63) is 47.0 Å². The number of hydrogen-bond donors (Lipinski definition) is 2. The summed E-state index contributed by atoms with van der Waals surface area (Å²) in [5.41, 5.74) is 1.17. The van der Waals surface area contributed by atoms with Gasteiger partial charge in [0.2, 0.25) is 0 Å². The minimum Gasteiger partial charge on any atom is -0.352 e. The van der Waals surface area contributed by atoms with Gasteiger partial charge in [-0.15, -0.1) is 0 Å². The van der Waals surface area contributed by atoms with Crippen molar-refractivity contribution in [1.29, 1.82) is 0 Å². The van der Waals surface area contributed by atoms with Gasteiger partial charge in [0.05, 0.1) is 5.56 Å². The molecule has 0 fully saturated rings. The Bertz CT molecular complexity index is 500. The molecule has 0 atom stereocenters. The van der Waals surface area contributed by atoms with Crippen LogP contribution in [0.2, 0.25) is 0 Å². The highest BCUT2D eigenvalue weighted by Gasteiger charge is 2.12. The van der Waals surface area contributed by atoms with E-state index in [9.17, 15) is 13.6 Å². The van der Waals surface area contributed by atoms with Crippen molar-refractivity contribution in [2.24, 2.45) is 0 Å². The molecule has 1 aromatic carbocycles. The van der Waals surface area contributed by atoms with Crippen molar-refractivity contribution in [2.45, 2.75) is 12.8 Å². The smallest absolute Gasteiger partial charge is 0.254 e. The lowest BCUT2D eigenvalue weighted by Gasteiger charge is -2.14. The normalized spacial score (nSPS) is 14.9. The molecule has 19 heavy (non-hydrogen) atoms. The van der Waals surface area contributed by atoms with Crippen LogP contribution in [-0.2, 0) is 0 Å². The number of amides is 1. The predicted molar refractivity (Wildman–Crippen MR) is 68.9 cm³/mol. The molecule has 2 rings (SSSR count). The van der Waals surface area contributed by atoms with Gasteiger partial charge in [-0.05, 0) is 31.5 Å². The summed E-state index contributed by atoms with van der Waals surface area (Å²) in [6.45, 7) is 2.27. The fourth-order valence-corrected chi connectivity index (χ4v) is 2.00. The zero-order valence-corrected chi connectivity index (χ0v) is 10.5. The predicted octanol–water partition coefficient (Wildman–Crippen LogP) is 2.00. The van der Waals surface area contributed by atoms with E-state index in [0.717, 1.165) is 38.1 Å². The summed E-state index contributed by atoms with van der Waals surface area (Å²) in [4.78, 5) is 11.7. The molecule has 0 saturated heterocycles. The number of carbonyl (C=O) groups is 1. The highest BCUT2D eigenvalue weighted by molar-refractivity contribution is 5.94. The monoisotopic (exact) mass is 266 g/mol. The van der Waals surface area contributed by atoms with E-state index in [-0.39, 0.29) is 5.56 Å². The summed E-state index contributed by atoms with van der Waals surface area (Å²) < 4.78 is 26.1. The Morgan fingerprint density at radius 1 is 1.37 bits per heavy atom. The molecule has 0 aliphatic carbocycles. The number of hydrogen-bond acceptors (Lipinski definition) is 2. The van der Waals surface area contributed by atoms with E-state index < -0.39 is 17.5 Å². The van der Waals surface area contributed by atoms with Crippen LogP contribution in [0.25, 0.3) is 0 Å². The van der Waals surface area contributed by atoms with Crippen molar-refractivity contribution in [2.75, 3.05) is 19.6 Å². The standard InChI is InChI=1S/C14H16F2N2O/c15-11-1-2-12(13(16)9-11)14(19)18-8-5-10-3-6-17-7-4-10/h1-3,9,17H,4-8H2,(H,18,19). The highest BCUT2D eigenvalue weighted by Crippen LogP contribution is 2.10. The van der Waals surface area contributed by atoms with Gasteiger partial charge in [-0.1, -0.05) is 11.6 Å². The van der Waals surface area contributed by atoms with Crippen LogP contribution in [0.1, 0.15) is 23.2 Å². The molecule has 0 unspecified atom stereocenters. The molecule has 1 heterocycles. The Labute approximate surface area is 110 Å². The minimum absolute atomic E-state index is 0.124. The summed E-state index contributed by atoms with van der Waals surface area (Å²) in [5, 5.41) is 5.85. The summed E-state index contributed by atoms with van der Waals surface area (Å²) in [5.74, 6) is -2.03. The molecular formula is C14H16F2N2O. The van der Waals surface area contributed by atoms with Gasteiger partial charge in [0.15, 0.2) is 0 Å². The second-order valence-corrected chi connectivity index (χ2v) is 4.45. The molecule has 1 amide bonds. The van der Waals surface area contributed by atoms with Crippen molar-refractivity contribution < 1.29 is 13.6 Å². The Morgan fingerprint density at radius 3 is 2.89 bits per heavy atom. The van der Waals surface area contributed by atoms with Crippen molar-refractivity contribution in [3.8, 4) is 0 Å². The average Bonchev–Trinajstić information content (AvgIpc) is 2.39. The van der Waals surface area contributed by atoms with Crippen LogP contribution in [-0.4, -0.2) is 25.5 Å². The number of benzene rings is 1. The third-order valence-electron chi connectivity index (χ3n) is 3.07. The third-order valence-corrected chi connectivity index (χ3v) is 3.07. The molecule has 0 radical (unpaired) electrons. The SMILES string of the molecule is O=C(NCCC1=CCNCC1)c1ccc(F)cc1F. The first kappa shape index (κ1) is 13.7. The molecular weight excluding hydrogens is 250 g/mol. The van der Waals surface area contributed by atoms with Gasteiger partial charge in [-0.25, -0.2) is 8.78 Å². The number of nitrogens with one attached hydrogen (secondary N) is 2. The second-order valence-electron chi connectivity index (χ2n) is 4.45. The maximum absolute atomic E-state index is 13.4. The van der Waals surface area contributed by atoms with Crippen LogP contribution >= 0.6 is 0 Å². The minimum atomic E-state index is -0.835. The van der Waals surface area contributed by atoms with Crippen LogP contribution < -0.4 is 10.6 Å². The molecule has 1 aromatic rings. The summed E-state index contributed by atoms with van der Waals surface area (Å²) in [6.07, 6.45) is 3.84. The van der Waals surface area contributed by atoms with Crippen molar-refractivity contribution >= 4 is 5.91 Å². The molecule has 2 N–H and O–H groups in total. The van der Waals surface area contributed by atoms with Crippen LogP contribution in [0, 0.1) is 11.6 Å². The van der Waals surface area contributed by atoms with E-state index in [1.54, 1.807) is 0 Å². The third kappa shape index (κ3) is 3.86. The lowest BCUT2D eigenvalue weighted by molar-refractivity contribution is 0.0950. The number of carbonyl (C=O) groups excluding carboxylic acids is 1. The van der Waals surface area contributed by atoms with E-state index in [0.29, 0.717) is 12.6 Å². The molecule has 5 heteroatoms. The van der Waals surface area contributed by atoms with Crippen LogP contribution in [0.5, 0.6) is 0 Å². The quantitative estimate of drug-likeness (QED) is 0.818. The van der Waals surface area contributed by atoms with Gasteiger partial charge in [-0.2, -0.15) is 0 Å². The van der Waals surface area contributed by atoms with Crippen LogP contribution in [0.15, 0.2) is 29.8 Å². The second kappa shape index (κ2) is 6.43. The molecule has 0 bridgehead atoms. The van der Waals surface area contributed by atoms with E-state index in [4.69, 9.17) is 0 Å². The van der Waals surface area contributed by atoms with Gasteiger partial charge in [0, 0.05) is 19.2 Å². The molecule has 3 nitrogen and oxygen atoms in total. The van der Waals surface area contributed by atoms with Crippen molar-refractivity contribution in [3.63, 3.8) is 0 Å². The molecule has 0 aromatic heterocycles. The lowest BCUT2D eigenvalue weighted by Crippen LogP contribution is -2.27. The van der Waals surface area contributed by atoms with E-state index >= 15 is 0 Å². The average molecular weight is 266 g/mol. The first-order chi connectivity index (χ1) is 9.16. The summed E-state index contributed by atoms with van der Waals surface area (Å²) >= 11 is 0. The first-order valence-corrected chi connectivity index (χ1v) is 6.28. The van der Waals surface area contributed by atoms with E-state index in [2.05, 4.69) is 16.7 Å². The van der Waals surface area contributed by atoms with Crippen LogP contribution in [0.4, 0.5) is 8.78 Å². The number of halogens is 2. The first-order valence-electron chi connectivity index (χ1n) is 6.28.